The van der Waals surface area contributed by atoms with Crippen LogP contribution in [-0.2, 0) is 0 Å². The Morgan fingerprint density at radius 2 is 1.83 bits per heavy atom. The molecule has 2 aliphatic carbocycles. The maximum atomic E-state index is 2.83. The van der Waals surface area contributed by atoms with Crippen LogP contribution >= 0.6 is 11.8 Å². The summed E-state index contributed by atoms with van der Waals surface area (Å²) in [4.78, 5) is 7.15. The van der Waals surface area contributed by atoms with Crippen molar-refractivity contribution in [2.75, 3.05) is 11.4 Å². The Labute approximate surface area is 144 Å². The molecule has 23 heavy (non-hydrogen) atoms. The number of rotatable bonds is 3. The molecule has 0 bridgehead atoms. The summed E-state index contributed by atoms with van der Waals surface area (Å²) in [5.41, 5.74) is 1.53. The highest BCUT2D eigenvalue weighted by Crippen LogP contribution is 2.54. The number of fused-ring (bicyclic) bond motifs is 1. The van der Waals surface area contributed by atoms with Crippen LogP contribution in [0.25, 0.3) is 0 Å². The zero-order valence-electron chi connectivity index (χ0n) is 14.2. The topological polar surface area (TPSA) is 6.48 Å². The van der Waals surface area contributed by atoms with Gasteiger partial charge in [-0.1, -0.05) is 30.3 Å². The zero-order valence-corrected chi connectivity index (χ0v) is 15.0. The molecule has 1 aromatic carbocycles. The van der Waals surface area contributed by atoms with Crippen LogP contribution in [-0.4, -0.2) is 34.9 Å². The molecule has 1 saturated heterocycles. The van der Waals surface area contributed by atoms with Crippen LogP contribution in [0.4, 0.5) is 5.69 Å². The summed E-state index contributed by atoms with van der Waals surface area (Å²) in [6, 6.07) is 11.6. The van der Waals surface area contributed by atoms with E-state index in [0.717, 1.165) is 29.4 Å². The van der Waals surface area contributed by atoms with E-state index >= 15 is 0 Å². The number of hydrogen-bond donors (Lipinski definition) is 0. The van der Waals surface area contributed by atoms with Crippen molar-refractivity contribution in [2.24, 2.45) is 5.92 Å². The van der Waals surface area contributed by atoms with E-state index < -0.39 is 0 Å². The lowest BCUT2D eigenvalue weighted by Gasteiger charge is -2.50. The van der Waals surface area contributed by atoms with E-state index in [-0.39, 0.29) is 0 Å². The van der Waals surface area contributed by atoms with Crippen molar-refractivity contribution >= 4 is 17.4 Å². The molecule has 3 heteroatoms. The van der Waals surface area contributed by atoms with E-state index in [4.69, 9.17) is 0 Å². The molecule has 0 radical (unpaired) electrons. The summed E-state index contributed by atoms with van der Waals surface area (Å²) in [5, 5.41) is 0.719. The van der Waals surface area contributed by atoms with Gasteiger partial charge in [-0.15, -0.1) is 0 Å². The Balaban J connectivity index is 1.28. The third-order valence-electron chi connectivity index (χ3n) is 6.48. The second-order valence-corrected chi connectivity index (χ2v) is 9.24. The Bertz CT molecular complexity index is 579. The molecule has 0 aromatic heterocycles. The summed E-state index contributed by atoms with van der Waals surface area (Å²) < 4.78 is 0. The predicted molar refractivity (Wildman–Crippen MR) is 98.1 cm³/mol. The molecule has 1 aromatic rings. The van der Waals surface area contributed by atoms with E-state index in [1.807, 2.05) is 0 Å². The van der Waals surface area contributed by atoms with E-state index in [0.29, 0.717) is 0 Å². The number of likely N-dealkylation sites (tertiary alicyclic amines) is 1. The fourth-order valence-electron chi connectivity index (χ4n) is 4.97. The van der Waals surface area contributed by atoms with Crippen LogP contribution in [0, 0.1) is 5.92 Å². The number of benzene rings is 1. The van der Waals surface area contributed by atoms with Crippen molar-refractivity contribution in [3.8, 4) is 0 Å². The fourth-order valence-corrected chi connectivity index (χ4v) is 6.50. The van der Waals surface area contributed by atoms with Gasteiger partial charge in [0.05, 0.1) is 11.1 Å². The third-order valence-corrected chi connectivity index (χ3v) is 7.93. The maximum Gasteiger partial charge on any atom is 0.0830 e. The second kappa shape index (κ2) is 5.70. The molecule has 2 saturated carbocycles. The van der Waals surface area contributed by atoms with Gasteiger partial charge in [-0.05, 0) is 70.0 Å². The van der Waals surface area contributed by atoms with Crippen molar-refractivity contribution in [1.29, 1.82) is 0 Å². The first-order chi connectivity index (χ1) is 11.3. The normalized spacial score (nSPS) is 37.5. The van der Waals surface area contributed by atoms with Crippen LogP contribution < -0.4 is 4.90 Å². The summed E-state index contributed by atoms with van der Waals surface area (Å²) in [6.45, 7) is 3.80. The molecule has 2 aliphatic heterocycles. The average Bonchev–Trinajstić information content (AvgIpc) is 3.28. The zero-order chi connectivity index (χ0) is 15.4. The van der Waals surface area contributed by atoms with E-state index in [9.17, 15) is 0 Å². The molecule has 124 valence electrons. The van der Waals surface area contributed by atoms with Gasteiger partial charge in [-0.25, -0.2) is 0 Å². The Hall–Kier alpha value is -0.670. The largest absolute Gasteiger partial charge is 0.355 e. The molecule has 5 rings (SSSR count). The summed E-state index contributed by atoms with van der Waals surface area (Å²) in [7, 11) is 0. The molecule has 2 heterocycles. The highest BCUT2D eigenvalue weighted by molar-refractivity contribution is 8.00. The first-order valence-corrected chi connectivity index (χ1v) is 10.5. The van der Waals surface area contributed by atoms with Gasteiger partial charge in [-0.2, -0.15) is 0 Å². The Morgan fingerprint density at radius 1 is 1.00 bits per heavy atom. The highest BCUT2D eigenvalue weighted by Gasteiger charge is 2.48. The van der Waals surface area contributed by atoms with Crippen molar-refractivity contribution < 1.29 is 0 Å². The average molecular weight is 329 g/mol. The number of nitrogens with zero attached hydrogens (tertiary/aromatic N) is 2. The molecule has 2 nitrogen and oxygen atoms in total. The van der Waals surface area contributed by atoms with Crippen LogP contribution in [0.3, 0.4) is 0 Å². The lowest BCUT2D eigenvalue weighted by atomic mass is 9.77. The summed E-state index contributed by atoms with van der Waals surface area (Å²) in [6.07, 6.45) is 9.95. The van der Waals surface area contributed by atoms with Crippen molar-refractivity contribution in [1.82, 2.24) is 4.90 Å². The van der Waals surface area contributed by atoms with Gasteiger partial charge in [0.2, 0.25) is 0 Å². The number of para-hydroxylation sites is 1. The fraction of sp³-hybridized carbons (Fsp3) is 0.700. The maximum absolute atomic E-state index is 2.83. The van der Waals surface area contributed by atoms with Gasteiger partial charge in [-0.3, -0.25) is 4.90 Å². The molecule has 0 amide bonds. The van der Waals surface area contributed by atoms with Crippen molar-refractivity contribution in [3.63, 3.8) is 0 Å². The van der Waals surface area contributed by atoms with Gasteiger partial charge in [0, 0.05) is 23.0 Å². The lowest BCUT2D eigenvalue weighted by molar-refractivity contribution is 0.0265. The number of hydrogen-bond acceptors (Lipinski definition) is 3. The monoisotopic (exact) mass is 328 g/mol. The summed E-state index contributed by atoms with van der Waals surface area (Å²) in [5.74, 6) is 0.895. The quantitative estimate of drug-likeness (QED) is 0.791. The minimum atomic E-state index is 0.719. The minimum Gasteiger partial charge on any atom is -0.355 e. The molecule has 3 fully saturated rings. The highest BCUT2D eigenvalue weighted by atomic mass is 32.2. The first kappa shape index (κ1) is 14.7. The minimum absolute atomic E-state index is 0.719. The van der Waals surface area contributed by atoms with Gasteiger partial charge in [0.25, 0.3) is 0 Å². The predicted octanol–water partition coefficient (Wildman–Crippen LogP) is 4.74. The molecular formula is C20H28N2S. The van der Waals surface area contributed by atoms with Gasteiger partial charge in [0.15, 0.2) is 0 Å². The lowest BCUT2D eigenvalue weighted by Crippen LogP contribution is -2.54. The number of thioether (sulfide) groups is 1. The van der Waals surface area contributed by atoms with Crippen LogP contribution in [0.15, 0.2) is 29.2 Å². The molecular weight excluding hydrogens is 300 g/mol. The SMILES string of the molecule is C[C@H]1CCCCN1C1CC(C2Sc3ccccc3N2C2CC2)C1. The Morgan fingerprint density at radius 3 is 2.61 bits per heavy atom. The second-order valence-electron chi connectivity index (χ2n) is 8.08. The standard InChI is InChI=1S/C20H28N2S/c1-14-6-4-5-11-21(14)17-12-15(13-17)20-22(16-9-10-16)18-7-2-3-8-19(18)23-20/h2-3,7-8,14-17,20H,4-6,9-13H2,1H3/t14-,15?,17?,20?/m0/s1. The first-order valence-electron chi connectivity index (χ1n) is 9.61. The van der Waals surface area contributed by atoms with E-state index in [1.54, 1.807) is 0 Å². The summed E-state index contributed by atoms with van der Waals surface area (Å²) >= 11 is 2.15. The van der Waals surface area contributed by atoms with Crippen molar-refractivity contribution in [2.45, 2.75) is 80.3 Å². The number of anilines is 1. The van der Waals surface area contributed by atoms with Crippen LogP contribution in [0.1, 0.15) is 51.9 Å². The van der Waals surface area contributed by atoms with E-state index in [1.165, 1.54) is 62.1 Å². The van der Waals surface area contributed by atoms with Crippen molar-refractivity contribution in [3.05, 3.63) is 24.3 Å². The van der Waals surface area contributed by atoms with Gasteiger partial charge >= 0.3 is 0 Å². The molecule has 1 unspecified atom stereocenters. The molecule has 2 atom stereocenters. The van der Waals surface area contributed by atoms with Gasteiger partial charge in [0.1, 0.15) is 0 Å². The number of piperidine rings is 1. The van der Waals surface area contributed by atoms with Crippen LogP contribution in [0.2, 0.25) is 0 Å². The molecule has 4 aliphatic rings. The Kier molecular flexibility index (Phi) is 3.63. The van der Waals surface area contributed by atoms with E-state index in [2.05, 4.69) is 52.8 Å². The third kappa shape index (κ3) is 2.51. The van der Waals surface area contributed by atoms with Crippen LogP contribution in [0.5, 0.6) is 0 Å². The van der Waals surface area contributed by atoms with Gasteiger partial charge < -0.3 is 4.90 Å². The molecule has 0 N–H and O–H groups in total. The molecule has 0 spiro atoms. The smallest absolute Gasteiger partial charge is 0.0830 e.